The van der Waals surface area contributed by atoms with Crippen LogP contribution in [0.1, 0.15) is 36.1 Å². The summed E-state index contributed by atoms with van der Waals surface area (Å²) in [6, 6.07) is 12.6. The molecule has 1 N–H and O–H groups in total. The van der Waals surface area contributed by atoms with Crippen LogP contribution in [0, 0.1) is 0 Å². The number of para-hydroxylation sites is 1. The number of benzene rings is 1. The third-order valence-corrected chi connectivity index (χ3v) is 5.49. The maximum atomic E-state index is 12.5. The molecule has 1 saturated carbocycles. The maximum Gasteiger partial charge on any atom is 0.234 e. The Kier molecular flexibility index (Phi) is 6.48. The second kappa shape index (κ2) is 9.02. The molecule has 3 rings (SSSR count). The van der Waals surface area contributed by atoms with E-state index in [4.69, 9.17) is 4.74 Å². The molecule has 1 amide bonds. The summed E-state index contributed by atoms with van der Waals surface area (Å²) >= 11 is 1.73. The van der Waals surface area contributed by atoms with Crippen LogP contribution in [0.2, 0.25) is 0 Å². The molecule has 134 valence electrons. The van der Waals surface area contributed by atoms with Crippen molar-refractivity contribution in [1.82, 2.24) is 10.2 Å². The SMILES string of the molecule is COc1ccccc1CN(CC(=O)NC1CCCC1)Cc1cccs1. The van der Waals surface area contributed by atoms with Crippen molar-refractivity contribution in [1.29, 1.82) is 0 Å². The van der Waals surface area contributed by atoms with Gasteiger partial charge in [0.2, 0.25) is 5.91 Å². The van der Waals surface area contributed by atoms with Crippen LogP contribution in [0.15, 0.2) is 41.8 Å². The molecule has 5 heteroatoms. The summed E-state index contributed by atoms with van der Waals surface area (Å²) in [6.07, 6.45) is 4.68. The minimum absolute atomic E-state index is 0.123. The van der Waals surface area contributed by atoms with Crippen LogP contribution in [0.3, 0.4) is 0 Å². The summed E-state index contributed by atoms with van der Waals surface area (Å²) in [5, 5.41) is 5.27. The molecule has 0 bridgehead atoms. The lowest BCUT2D eigenvalue weighted by Crippen LogP contribution is -2.40. The first-order chi connectivity index (χ1) is 12.2. The van der Waals surface area contributed by atoms with Gasteiger partial charge in [-0.2, -0.15) is 0 Å². The highest BCUT2D eigenvalue weighted by Gasteiger charge is 2.20. The molecule has 4 nitrogen and oxygen atoms in total. The molecular formula is C20H26N2O2S. The first-order valence-corrected chi connectivity index (χ1v) is 9.78. The van der Waals surface area contributed by atoms with Crippen molar-refractivity contribution in [2.24, 2.45) is 0 Å². The number of hydrogen-bond acceptors (Lipinski definition) is 4. The Balaban J connectivity index is 1.66. The fourth-order valence-electron chi connectivity index (χ4n) is 3.41. The average molecular weight is 359 g/mol. The van der Waals surface area contributed by atoms with Gasteiger partial charge in [0.05, 0.1) is 13.7 Å². The van der Waals surface area contributed by atoms with Crippen LogP contribution in [-0.4, -0.2) is 30.5 Å². The standard InChI is InChI=1S/C20H26N2O2S/c1-24-19-11-5-2-7-16(19)13-22(14-18-10-6-12-25-18)15-20(23)21-17-8-3-4-9-17/h2,5-7,10-12,17H,3-4,8-9,13-15H2,1H3,(H,21,23). The first-order valence-electron chi connectivity index (χ1n) is 8.90. The predicted molar refractivity (Wildman–Crippen MR) is 102 cm³/mol. The van der Waals surface area contributed by atoms with E-state index in [-0.39, 0.29) is 5.91 Å². The molecule has 1 aliphatic carbocycles. The van der Waals surface area contributed by atoms with Gasteiger partial charge >= 0.3 is 0 Å². The topological polar surface area (TPSA) is 41.6 Å². The van der Waals surface area contributed by atoms with Crippen molar-refractivity contribution in [3.05, 3.63) is 52.2 Å². The van der Waals surface area contributed by atoms with Gasteiger partial charge in [-0.3, -0.25) is 9.69 Å². The van der Waals surface area contributed by atoms with Crippen molar-refractivity contribution in [3.63, 3.8) is 0 Å². The Bertz CT molecular complexity index is 666. The number of methoxy groups -OCH3 is 1. The molecule has 0 spiro atoms. The Hall–Kier alpha value is -1.85. The van der Waals surface area contributed by atoms with E-state index in [1.807, 2.05) is 18.2 Å². The fourth-order valence-corrected chi connectivity index (χ4v) is 4.16. The number of hydrogen-bond donors (Lipinski definition) is 1. The highest BCUT2D eigenvalue weighted by molar-refractivity contribution is 7.09. The van der Waals surface area contributed by atoms with Crippen LogP contribution in [-0.2, 0) is 17.9 Å². The molecule has 25 heavy (non-hydrogen) atoms. The number of nitrogens with one attached hydrogen (secondary N) is 1. The first kappa shape index (κ1) is 18.0. The summed E-state index contributed by atoms with van der Waals surface area (Å²) in [4.78, 5) is 16.0. The molecular weight excluding hydrogens is 332 g/mol. The minimum Gasteiger partial charge on any atom is -0.496 e. The fraction of sp³-hybridized carbons (Fsp3) is 0.450. The Labute approximate surface area is 153 Å². The van der Waals surface area contributed by atoms with Gasteiger partial charge in [0.15, 0.2) is 0 Å². The molecule has 0 radical (unpaired) electrons. The number of rotatable bonds is 8. The van der Waals surface area contributed by atoms with E-state index >= 15 is 0 Å². The van der Waals surface area contributed by atoms with Gasteiger partial charge < -0.3 is 10.1 Å². The van der Waals surface area contributed by atoms with Crippen molar-refractivity contribution in [3.8, 4) is 5.75 Å². The smallest absolute Gasteiger partial charge is 0.234 e. The Morgan fingerprint density at radius 3 is 2.72 bits per heavy atom. The second-order valence-corrected chi connectivity index (χ2v) is 7.62. The largest absolute Gasteiger partial charge is 0.496 e. The van der Waals surface area contributed by atoms with Crippen LogP contribution >= 0.6 is 11.3 Å². The maximum absolute atomic E-state index is 12.5. The molecule has 1 fully saturated rings. The highest BCUT2D eigenvalue weighted by Crippen LogP contribution is 2.22. The zero-order valence-electron chi connectivity index (χ0n) is 14.7. The molecule has 2 aromatic rings. The summed E-state index contributed by atoms with van der Waals surface area (Å²) in [5.41, 5.74) is 1.11. The molecule has 1 aromatic heterocycles. The van der Waals surface area contributed by atoms with Crippen molar-refractivity contribution in [2.75, 3.05) is 13.7 Å². The van der Waals surface area contributed by atoms with Gasteiger partial charge in [0.1, 0.15) is 5.75 Å². The molecule has 0 aliphatic heterocycles. The predicted octanol–water partition coefficient (Wildman–Crippen LogP) is 3.82. The summed E-state index contributed by atoms with van der Waals surface area (Å²) in [7, 11) is 1.69. The van der Waals surface area contributed by atoms with Crippen LogP contribution < -0.4 is 10.1 Å². The third-order valence-electron chi connectivity index (χ3n) is 4.63. The number of thiophene rings is 1. The van der Waals surface area contributed by atoms with E-state index < -0.39 is 0 Å². The molecule has 1 heterocycles. The lowest BCUT2D eigenvalue weighted by molar-refractivity contribution is -0.123. The highest BCUT2D eigenvalue weighted by atomic mass is 32.1. The Morgan fingerprint density at radius 1 is 1.20 bits per heavy atom. The van der Waals surface area contributed by atoms with Crippen molar-refractivity contribution < 1.29 is 9.53 Å². The van der Waals surface area contributed by atoms with Gasteiger partial charge in [0.25, 0.3) is 0 Å². The molecule has 0 atom stereocenters. The molecule has 1 aromatic carbocycles. The average Bonchev–Trinajstić information content (AvgIpc) is 3.29. The van der Waals surface area contributed by atoms with Gasteiger partial charge in [-0.1, -0.05) is 37.1 Å². The van der Waals surface area contributed by atoms with E-state index in [1.165, 1.54) is 17.7 Å². The number of amides is 1. The minimum atomic E-state index is 0.123. The van der Waals surface area contributed by atoms with E-state index in [2.05, 4.69) is 33.8 Å². The van der Waals surface area contributed by atoms with Gasteiger partial charge in [-0.05, 0) is 30.4 Å². The summed E-state index contributed by atoms with van der Waals surface area (Å²) in [6.45, 7) is 1.88. The van der Waals surface area contributed by atoms with E-state index in [9.17, 15) is 4.79 Å². The quantitative estimate of drug-likeness (QED) is 0.780. The molecule has 0 unspecified atom stereocenters. The number of carbonyl (C=O) groups is 1. The zero-order valence-corrected chi connectivity index (χ0v) is 15.6. The monoisotopic (exact) mass is 358 g/mol. The lowest BCUT2D eigenvalue weighted by Gasteiger charge is -2.23. The van der Waals surface area contributed by atoms with Crippen LogP contribution in [0.4, 0.5) is 0 Å². The van der Waals surface area contributed by atoms with Crippen LogP contribution in [0.25, 0.3) is 0 Å². The number of nitrogens with zero attached hydrogens (tertiary/aromatic N) is 1. The Morgan fingerprint density at radius 2 is 2.00 bits per heavy atom. The second-order valence-electron chi connectivity index (χ2n) is 6.59. The van der Waals surface area contributed by atoms with Crippen LogP contribution in [0.5, 0.6) is 5.75 Å². The zero-order chi connectivity index (χ0) is 17.5. The van der Waals surface area contributed by atoms with E-state index in [1.54, 1.807) is 18.4 Å². The number of ether oxygens (including phenoxy) is 1. The normalized spacial score (nSPS) is 14.8. The molecule has 1 aliphatic rings. The van der Waals surface area contributed by atoms with E-state index in [0.29, 0.717) is 19.1 Å². The summed E-state index contributed by atoms with van der Waals surface area (Å²) < 4.78 is 5.47. The summed E-state index contributed by atoms with van der Waals surface area (Å²) in [5.74, 6) is 0.994. The van der Waals surface area contributed by atoms with E-state index in [0.717, 1.165) is 30.7 Å². The van der Waals surface area contributed by atoms with Gasteiger partial charge in [-0.25, -0.2) is 0 Å². The van der Waals surface area contributed by atoms with Gasteiger partial charge in [0, 0.05) is 29.6 Å². The lowest BCUT2D eigenvalue weighted by atomic mass is 10.2. The van der Waals surface area contributed by atoms with Gasteiger partial charge in [-0.15, -0.1) is 11.3 Å². The third kappa shape index (κ3) is 5.31. The number of carbonyl (C=O) groups excluding carboxylic acids is 1. The molecule has 0 saturated heterocycles. The van der Waals surface area contributed by atoms with Crippen molar-refractivity contribution >= 4 is 17.2 Å². The van der Waals surface area contributed by atoms with Crippen molar-refractivity contribution in [2.45, 2.75) is 44.8 Å².